The van der Waals surface area contributed by atoms with E-state index in [1.165, 1.54) is 6.42 Å². The second-order valence-electron chi connectivity index (χ2n) is 3.90. The lowest BCUT2D eigenvalue weighted by Gasteiger charge is -2.33. The van der Waals surface area contributed by atoms with Crippen molar-refractivity contribution in [1.82, 2.24) is 9.80 Å². The molecule has 0 radical (unpaired) electrons. The molecular formula is C12H24N2O3. The molecule has 0 saturated carbocycles. The maximum Gasteiger partial charge on any atom is 0.409 e. The minimum Gasteiger partial charge on any atom is -0.450 e. The zero-order valence-corrected chi connectivity index (χ0v) is 11.4. The lowest BCUT2D eigenvalue weighted by molar-refractivity contribution is -0.130. The van der Waals surface area contributed by atoms with Gasteiger partial charge >= 0.3 is 6.09 Å². The highest BCUT2D eigenvalue weighted by atomic mass is 16.6. The first-order valence-corrected chi connectivity index (χ1v) is 6.23. The van der Waals surface area contributed by atoms with E-state index < -0.39 is 0 Å². The highest BCUT2D eigenvalue weighted by Gasteiger charge is 2.22. The molecular weight excluding hydrogens is 220 g/mol. The minimum absolute atomic E-state index is 0.0634. The predicted octanol–water partition coefficient (Wildman–Crippen LogP) is 1.72. The molecule has 0 aliphatic carbocycles. The van der Waals surface area contributed by atoms with Crippen molar-refractivity contribution in [3.63, 3.8) is 0 Å². The lowest BCUT2D eigenvalue weighted by Crippen LogP contribution is -2.50. The van der Waals surface area contributed by atoms with E-state index in [0.717, 1.165) is 0 Å². The Kier molecular flexibility index (Phi) is 8.19. The fourth-order valence-corrected chi connectivity index (χ4v) is 1.42. The van der Waals surface area contributed by atoms with Crippen molar-refractivity contribution in [2.24, 2.45) is 0 Å². The highest BCUT2D eigenvalue weighted by molar-refractivity contribution is 5.74. The Balaban J connectivity index is 0.000000770. The van der Waals surface area contributed by atoms with Crippen LogP contribution in [0, 0.1) is 0 Å². The van der Waals surface area contributed by atoms with Crippen LogP contribution in [0.3, 0.4) is 0 Å². The van der Waals surface area contributed by atoms with E-state index in [4.69, 9.17) is 4.74 Å². The number of carbonyl (C=O) groups excluding carboxylic acids is 2. The number of piperazine rings is 1. The third-order valence-electron chi connectivity index (χ3n) is 2.25. The molecule has 0 N–H and O–H groups in total. The van der Waals surface area contributed by atoms with E-state index in [9.17, 15) is 9.59 Å². The lowest BCUT2D eigenvalue weighted by atomic mass is 10.3. The van der Waals surface area contributed by atoms with E-state index in [-0.39, 0.29) is 12.0 Å². The van der Waals surface area contributed by atoms with Crippen LogP contribution in [0.1, 0.15) is 34.1 Å². The molecule has 1 aliphatic heterocycles. The largest absolute Gasteiger partial charge is 0.450 e. The molecule has 1 aliphatic rings. The van der Waals surface area contributed by atoms with Gasteiger partial charge in [-0.2, -0.15) is 0 Å². The zero-order valence-electron chi connectivity index (χ0n) is 11.4. The standard InChI is InChI=1S/C9H16N2O3.C3H8/c1-3-14-9(13)11-6-4-10(5-7-11)8(2)12;1-3-2/h3-7H2,1-2H3;3H2,1-2H3. The third kappa shape index (κ3) is 6.14. The maximum absolute atomic E-state index is 11.3. The topological polar surface area (TPSA) is 49.9 Å². The number of nitrogens with zero attached hydrogens (tertiary/aromatic N) is 2. The second kappa shape index (κ2) is 8.84. The Morgan fingerprint density at radius 1 is 1.00 bits per heavy atom. The van der Waals surface area contributed by atoms with Crippen molar-refractivity contribution in [2.75, 3.05) is 32.8 Å². The van der Waals surface area contributed by atoms with Crippen molar-refractivity contribution < 1.29 is 14.3 Å². The summed E-state index contributed by atoms with van der Waals surface area (Å²) in [6, 6.07) is 0. The molecule has 2 amide bonds. The van der Waals surface area contributed by atoms with Crippen molar-refractivity contribution in [3.05, 3.63) is 0 Å². The summed E-state index contributed by atoms with van der Waals surface area (Å²) in [5.74, 6) is 0.0634. The Labute approximate surface area is 104 Å². The SMILES string of the molecule is CCC.CCOC(=O)N1CCN(C(C)=O)CC1. The fourth-order valence-electron chi connectivity index (χ4n) is 1.42. The Morgan fingerprint density at radius 3 is 1.76 bits per heavy atom. The first-order valence-electron chi connectivity index (χ1n) is 6.23. The summed E-state index contributed by atoms with van der Waals surface area (Å²) in [5.41, 5.74) is 0. The number of hydrogen-bond acceptors (Lipinski definition) is 3. The molecule has 5 nitrogen and oxygen atoms in total. The van der Waals surface area contributed by atoms with Crippen LogP contribution in [0.2, 0.25) is 0 Å². The number of ether oxygens (including phenoxy) is 1. The van der Waals surface area contributed by atoms with Gasteiger partial charge in [0.1, 0.15) is 0 Å². The normalized spacial score (nSPS) is 14.8. The van der Waals surface area contributed by atoms with Crippen molar-refractivity contribution in [2.45, 2.75) is 34.1 Å². The van der Waals surface area contributed by atoms with Crippen LogP contribution < -0.4 is 0 Å². The van der Waals surface area contributed by atoms with Gasteiger partial charge in [0, 0.05) is 33.1 Å². The number of hydrogen-bond donors (Lipinski definition) is 0. The van der Waals surface area contributed by atoms with Gasteiger partial charge in [-0.3, -0.25) is 4.79 Å². The van der Waals surface area contributed by atoms with E-state index >= 15 is 0 Å². The molecule has 0 aromatic carbocycles. The summed E-state index contributed by atoms with van der Waals surface area (Å²) in [7, 11) is 0. The van der Waals surface area contributed by atoms with Crippen LogP contribution in [-0.2, 0) is 9.53 Å². The average molecular weight is 244 g/mol. The molecule has 0 bridgehead atoms. The monoisotopic (exact) mass is 244 g/mol. The van der Waals surface area contributed by atoms with Gasteiger partial charge in [0.15, 0.2) is 0 Å². The predicted molar refractivity (Wildman–Crippen MR) is 66.8 cm³/mol. The molecule has 100 valence electrons. The summed E-state index contributed by atoms with van der Waals surface area (Å²) in [6.45, 7) is 10.3. The smallest absolute Gasteiger partial charge is 0.409 e. The summed E-state index contributed by atoms with van der Waals surface area (Å²) in [6.07, 6.45) is 0.968. The third-order valence-corrected chi connectivity index (χ3v) is 2.25. The second-order valence-corrected chi connectivity index (χ2v) is 3.90. The first-order chi connectivity index (χ1) is 8.06. The number of amides is 2. The van der Waals surface area contributed by atoms with Crippen LogP contribution in [0.25, 0.3) is 0 Å². The van der Waals surface area contributed by atoms with Gasteiger partial charge in [-0.15, -0.1) is 0 Å². The molecule has 17 heavy (non-hydrogen) atoms. The van der Waals surface area contributed by atoms with Crippen molar-refractivity contribution in [1.29, 1.82) is 0 Å². The zero-order chi connectivity index (χ0) is 13.3. The molecule has 0 unspecified atom stereocenters. The maximum atomic E-state index is 11.3. The first kappa shape index (κ1) is 15.7. The average Bonchev–Trinajstić information content (AvgIpc) is 2.30. The van der Waals surface area contributed by atoms with Gasteiger partial charge in [0.2, 0.25) is 5.91 Å². The fraction of sp³-hybridized carbons (Fsp3) is 0.833. The van der Waals surface area contributed by atoms with Gasteiger partial charge in [-0.1, -0.05) is 20.3 Å². The van der Waals surface area contributed by atoms with E-state index in [0.29, 0.717) is 32.8 Å². The van der Waals surface area contributed by atoms with Crippen LogP contribution >= 0.6 is 0 Å². The van der Waals surface area contributed by atoms with Gasteiger partial charge in [-0.25, -0.2) is 4.79 Å². The van der Waals surface area contributed by atoms with Crippen molar-refractivity contribution in [3.8, 4) is 0 Å². The van der Waals surface area contributed by atoms with E-state index in [1.54, 1.807) is 23.6 Å². The number of rotatable bonds is 1. The summed E-state index contributed by atoms with van der Waals surface area (Å²) < 4.78 is 4.86. The molecule has 5 heteroatoms. The Bertz CT molecular complexity index is 236. The molecule has 1 heterocycles. The minimum atomic E-state index is -0.282. The van der Waals surface area contributed by atoms with Gasteiger partial charge < -0.3 is 14.5 Å². The number of carbonyl (C=O) groups is 2. The summed E-state index contributed by atoms with van der Waals surface area (Å²) >= 11 is 0. The molecule has 0 aromatic heterocycles. The molecule has 0 spiro atoms. The highest BCUT2D eigenvalue weighted by Crippen LogP contribution is 2.03. The quantitative estimate of drug-likeness (QED) is 0.705. The molecule has 1 saturated heterocycles. The van der Waals surface area contributed by atoms with Crippen LogP contribution in [0.5, 0.6) is 0 Å². The van der Waals surface area contributed by atoms with Gasteiger partial charge in [0.25, 0.3) is 0 Å². The summed E-state index contributed by atoms with van der Waals surface area (Å²) in [4.78, 5) is 25.6. The van der Waals surface area contributed by atoms with E-state index in [2.05, 4.69) is 13.8 Å². The molecule has 0 aromatic rings. The van der Waals surface area contributed by atoms with E-state index in [1.807, 2.05) is 0 Å². The van der Waals surface area contributed by atoms with Crippen LogP contribution in [0.15, 0.2) is 0 Å². The molecule has 1 fully saturated rings. The molecule has 1 rings (SSSR count). The Morgan fingerprint density at radius 2 is 1.41 bits per heavy atom. The summed E-state index contributed by atoms with van der Waals surface area (Å²) in [5, 5.41) is 0. The van der Waals surface area contributed by atoms with Crippen molar-refractivity contribution >= 4 is 12.0 Å². The molecule has 0 atom stereocenters. The van der Waals surface area contributed by atoms with Gasteiger partial charge in [-0.05, 0) is 6.92 Å². The van der Waals surface area contributed by atoms with Gasteiger partial charge in [0.05, 0.1) is 6.61 Å². The Hall–Kier alpha value is -1.26. The van der Waals surface area contributed by atoms with Crippen LogP contribution in [0.4, 0.5) is 4.79 Å². The van der Waals surface area contributed by atoms with Crippen LogP contribution in [-0.4, -0.2) is 54.6 Å².